The van der Waals surface area contributed by atoms with Crippen molar-refractivity contribution in [2.24, 2.45) is 0 Å². The standard InChI is InChI=1S/C8H16O5/c1-2-4-6(10)8(12)7(11)5(3-9)13-4/h4-12H,2-3H2,1H3/t4?,5-,6-,7?,8?/m1/s1. The second kappa shape index (κ2) is 4.34. The molecule has 0 radical (unpaired) electrons. The van der Waals surface area contributed by atoms with Gasteiger partial charge in [-0.15, -0.1) is 0 Å². The summed E-state index contributed by atoms with van der Waals surface area (Å²) in [4.78, 5) is 0. The molecule has 5 nitrogen and oxygen atoms in total. The Morgan fingerprint density at radius 3 is 2.00 bits per heavy atom. The molecule has 1 fully saturated rings. The van der Waals surface area contributed by atoms with Crippen molar-refractivity contribution < 1.29 is 25.2 Å². The maximum atomic E-state index is 9.40. The van der Waals surface area contributed by atoms with Crippen LogP contribution >= 0.6 is 0 Å². The van der Waals surface area contributed by atoms with E-state index < -0.39 is 30.5 Å². The van der Waals surface area contributed by atoms with Crippen molar-refractivity contribution in [2.75, 3.05) is 6.61 Å². The average Bonchev–Trinajstić information content (AvgIpc) is 2.15. The fourth-order valence-electron chi connectivity index (χ4n) is 1.52. The highest BCUT2D eigenvalue weighted by Crippen LogP contribution is 2.22. The maximum absolute atomic E-state index is 9.40. The van der Waals surface area contributed by atoms with E-state index in [4.69, 9.17) is 9.84 Å². The van der Waals surface area contributed by atoms with Gasteiger partial charge >= 0.3 is 0 Å². The molecule has 0 amide bonds. The zero-order valence-electron chi connectivity index (χ0n) is 7.50. The molecule has 1 rings (SSSR count). The third kappa shape index (κ3) is 2.00. The second-order valence-corrected chi connectivity index (χ2v) is 3.28. The number of hydrogen-bond donors (Lipinski definition) is 4. The van der Waals surface area contributed by atoms with Crippen molar-refractivity contribution in [3.8, 4) is 0 Å². The summed E-state index contributed by atoms with van der Waals surface area (Å²) in [6.07, 6.45) is -4.33. The highest BCUT2D eigenvalue weighted by molar-refractivity contribution is 4.91. The summed E-state index contributed by atoms with van der Waals surface area (Å²) in [6, 6.07) is 0. The van der Waals surface area contributed by atoms with Crippen LogP contribution in [0.15, 0.2) is 0 Å². The van der Waals surface area contributed by atoms with Gasteiger partial charge in [0.05, 0.1) is 12.7 Å². The lowest BCUT2D eigenvalue weighted by molar-refractivity contribution is -0.229. The highest BCUT2D eigenvalue weighted by Gasteiger charge is 2.42. The topological polar surface area (TPSA) is 90.2 Å². The molecule has 0 aromatic carbocycles. The SMILES string of the molecule is CCC1O[C@H](CO)C(O)C(O)[C@@H]1O. The number of aliphatic hydroxyl groups is 4. The Bertz CT molecular complexity index is 143. The zero-order valence-corrected chi connectivity index (χ0v) is 7.50. The van der Waals surface area contributed by atoms with E-state index >= 15 is 0 Å². The average molecular weight is 192 g/mol. The molecule has 5 heteroatoms. The fourth-order valence-corrected chi connectivity index (χ4v) is 1.52. The van der Waals surface area contributed by atoms with Gasteiger partial charge < -0.3 is 25.2 Å². The summed E-state index contributed by atoms with van der Waals surface area (Å²) >= 11 is 0. The van der Waals surface area contributed by atoms with E-state index in [1.807, 2.05) is 0 Å². The second-order valence-electron chi connectivity index (χ2n) is 3.28. The van der Waals surface area contributed by atoms with Gasteiger partial charge in [-0.05, 0) is 6.42 Å². The molecule has 13 heavy (non-hydrogen) atoms. The quantitative estimate of drug-likeness (QED) is 0.416. The third-order valence-corrected chi connectivity index (χ3v) is 2.39. The molecule has 1 aliphatic heterocycles. The van der Waals surface area contributed by atoms with Crippen LogP contribution in [0.3, 0.4) is 0 Å². The van der Waals surface area contributed by atoms with Crippen molar-refractivity contribution in [2.45, 2.75) is 43.9 Å². The maximum Gasteiger partial charge on any atom is 0.111 e. The van der Waals surface area contributed by atoms with Crippen molar-refractivity contribution >= 4 is 0 Å². The van der Waals surface area contributed by atoms with Gasteiger partial charge in [0.2, 0.25) is 0 Å². The van der Waals surface area contributed by atoms with E-state index in [1.54, 1.807) is 6.92 Å². The van der Waals surface area contributed by atoms with Crippen molar-refractivity contribution in [3.05, 3.63) is 0 Å². The molecular formula is C8H16O5. The van der Waals surface area contributed by atoms with Crippen LogP contribution in [0, 0.1) is 0 Å². The van der Waals surface area contributed by atoms with Gasteiger partial charge in [0.1, 0.15) is 24.4 Å². The van der Waals surface area contributed by atoms with Crippen LogP contribution < -0.4 is 0 Å². The molecule has 1 aliphatic rings. The minimum absolute atomic E-state index is 0.360. The summed E-state index contributed by atoms with van der Waals surface area (Å²) in [5, 5.41) is 36.9. The van der Waals surface area contributed by atoms with Gasteiger partial charge in [-0.25, -0.2) is 0 Å². The van der Waals surface area contributed by atoms with E-state index in [1.165, 1.54) is 0 Å². The Labute approximate surface area is 76.6 Å². The van der Waals surface area contributed by atoms with E-state index in [0.29, 0.717) is 6.42 Å². The van der Waals surface area contributed by atoms with Crippen LogP contribution in [0.5, 0.6) is 0 Å². The minimum Gasteiger partial charge on any atom is -0.394 e. The zero-order chi connectivity index (χ0) is 10.0. The van der Waals surface area contributed by atoms with Gasteiger partial charge in [-0.1, -0.05) is 6.92 Å². The molecule has 0 aromatic heterocycles. The van der Waals surface area contributed by atoms with Gasteiger partial charge in [-0.3, -0.25) is 0 Å². The molecule has 5 atom stereocenters. The lowest BCUT2D eigenvalue weighted by atomic mass is 9.94. The molecule has 4 N–H and O–H groups in total. The van der Waals surface area contributed by atoms with Gasteiger partial charge in [0.15, 0.2) is 0 Å². The Kier molecular flexibility index (Phi) is 3.63. The van der Waals surface area contributed by atoms with Crippen LogP contribution in [0.2, 0.25) is 0 Å². The molecule has 0 saturated carbocycles. The fraction of sp³-hybridized carbons (Fsp3) is 1.00. The van der Waals surface area contributed by atoms with E-state index in [2.05, 4.69) is 0 Å². The van der Waals surface area contributed by atoms with E-state index in [0.717, 1.165) is 0 Å². The molecule has 1 saturated heterocycles. The molecule has 0 aromatic rings. The molecule has 0 spiro atoms. The highest BCUT2D eigenvalue weighted by atomic mass is 16.5. The molecular weight excluding hydrogens is 176 g/mol. The van der Waals surface area contributed by atoms with Gasteiger partial charge in [0, 0.05) is 0 Å². The molecule has 0 bridgehead atoms. The largest absolute Gasteiger partial charge is 0.394 e. The van der Waals surface area contributed by atoms with Crippen LogP contribution in [0.4, 0.5) is 0 Å². The Morgan fingerprint density at radius 2 is 1.54 bits per heavy atom. The van der Waals surface area contributed by atoms with Gasteiger partial charge in [-0.2, -0.15) is 0 Å². The minimum atomic E-state index is -1.24. The summed E-state index contributed by atoms with van der Waals surface area (Å²) < 4.78 is 5.17. The number of aliphatic hydroxyl groups excluding tert-OH is 4. The molecule has 1 heterocycles. The first-order chi connectivity index (χ1) is 6.11. The van der Waals surface area contributed by atoms with Crippen LogP contribution in [0.25, 0.3) is 0 Å². The predicted molar refractivity (Wildman–Crippen MR) is 44.1 cm³/mol. The normalized spacial score (nSPS) is 46.4. The first kappa shape index (κ1) is 10.9. The van der Waals surface area contributed by atoms with Crippen molar-refractivity contribution in [1.29, 1.82) is 0 Å². The monoisotopic (exact) mass is 192 g/mol. The number of rotatable bonds is 2. The summed E-state index contributed by atoms with van der Waals surface area (Å²) in [5.74, 6) is 0. The van der Waals surface area contributed by atoms with Gasteiger partial charge in [0.25, 0.3) is 0 Å². The molecule has 78 valence electrons. The van der Waals surface area contributed by atoms with Crippen LogP contribution in [-0.2, 0) is 4.74 Å². The molecule has 3 unspecified atom stereocenters. The summed E-state index contributed by atoms with van der Waals surface area (Å²) in [7, 11) is 0. The Hall–Kier alpha value is -0.200. The first-order valence-electron chi connectivity index (χ1n) is 4.42. The summed E-state index contributed by atoms with van der Waals surface area (Å²) in [6.45, 7) is 1.44. The van der Waals surface area contributed by atoms with E-state index in [-0.39, 0.29) is 6.61 Å². The number of ether oxygens (including phenoxy) is 1. The number of hydrogen-bond acceptors (Lipinski definition) is 5. The van der Waals surface area contributed by atoms with E-state index in [9.17, 15) is 15.3 Å². The van der Waals surface area contributed by atoms with Crippen LogP contribution in [-0.4, -0.2) is 57.6 Å². The lowest BCUT2D eigenvalue weighted by Gasteiger charge is -2.39. The smallest absolute Gasteiger partial charge is 0.111 e. The predicted octanol–water partition coefficient (Wildman–Crippen LogP) is -1.76. The molecule has 0 aliphatic carbocycles. The van der Waals surface area contributed by atoms with Crippen molar-refractivity contribution in [3.63, 3.8) is 0 Å². The third-order valence-electron chi connectivity index (χ3n) is 2.39. The Morgan fingerprint density at radius 1 is 1.00 bits per heavy atom. The first-order valence-corrected chi connectivity index (χ1v) is 4.42. The van der Waals surface area contributed by atoms with Crippen LogP contribution in [0.1, 0.15) is 13.3 Å². The van der Waals surface area contributed by atoms with Crippen molar-refractivity contribution in [1.82, 2.24) is 0 Å². The Balaban J connectivity index is 2.66. The lowest BCUT2D eigenvalue weighted by Crippen LogP contribution is -2.58. The summed E-state index contributed by atoms with van der Waals surface area (Å²) in [5.41, 5.74) is 0.